The number of hydroxylamine groups is 1. The maximum atomic E-state index is 12.4. The van der Waals surface area contributed by atoms with Crippen molar-refractivity contribution < 1.29 is 22.8 Å². The molecule has 0 bridgehead atoms. The summed E-state index contributed by atoms with van der Waals surface area (Å²) >= 11 is 1.47. The number of aryl methyl sites for hydroxylation is 1. The predicted molar refractivity (Wildman–Crippen MR) is 110 cm³/mol. The molecule has 9 heteroatoms. The van der Waals surface area contributed by atoms with Crippen LogP contribution in [0.25, 0.3) is 10.6 Å². The van der Waals surface area contributed by atoms with E-state index in [0.29, 0.717) is 5.69 Å². The lowest BCUT2D eigenvalue weighted by Gasteiger charge is -2.14. The van der Waals surface area contributed by atoms with Gasteiger partial charge in [0.1, 0.15) is 11.6 Å². The Balaban J connectivity index is 1.69. The Bertz CT molecular complexity index is 1110. The number of carbonyl (C=O) groups excluding carboxylic acids is 1. The van der Waals surface area contributed by atoms with Crippen LogP contribution in [0.1, 0.15) is 21.6 Å². The van der Waals surface area contributed by atoms with Gasteiger partial charge in [0.2, 0.25) is 0 Å². The summed E-state index contributed by atoms with van der Waals surface area (Å²) in [5.74, 6) is -0.632. The first-order chi connectivity index (χ1) is 13.8. The molecule has 0 spiro atoms. The molecule has 1 heterocycles. The molecule has 0 fully saturated rings. The van der Waals surface area contributed by atoms with Gasteiger partial charge in [0.15, 0.2) is 0 Å². The second-order valence-corrected chi connectivity index (χ2v) is 9.01. The van der Waals surface area contributed by atoms with E-state index >= 15 is 0 Å². The summed E-state index contributed by atoms with van der Waals surface area (Å²) < 4.78 is 30.7. The average Bonchev–Trinajstić information content (AvgIpc) is 3.21. The highest BCUT2D eigenvalue weighted by Gasteiger charge is 2.22. The minimum atomic E-state index is -3.85. The van der Waals surface area contributed by atoms with Gasteiger partial charge in [-0.05, 0) is 25.1 Å². The van der Waals surface area contributed by atoms with Crippen molar-refractivity contribution in [2.45, 2.75) is 18.4 Å². The standard InChI is InChI=1S/C20H20N2O5S2/c1-14-7-9-15(10-8-14)19-21-17(13-28-19)12-27-20(23)16-5-4-6-18(11-16)29(24,25)22(2)26-3/h4-11,13H,12H2,1-3H3. The van der Waals surface area contributed by atoms with Crippen molar-refractivity contribution in [3.63, 3.8) is 0 Å². The van der Waals surface area contributed by atoms with Gasteiger partial charge in [0, 0.05) is 18.0 Å². The molecule has 0 saturated heterocycles. The molecule has 0 N–H and O–H groups in total. The molecule has 0 aliphatic heterocycles. The topological polar surface area (TPSA) is 85.8 Å². The van der Waals surface area contributed by atoms with Crippen molar-refractivity contribution >= 4 is 27.3 Å². The minimum Gasteiger partial charge on any atom is -0.456 e. The fourth-order valence-electron chi connectivity index (χ4n) is 2.45. The molecule has 2 aromatic carbocycles. The van der Waals surface area contributed by atoms with E-state index in [9.17, 15) is 13.2 Å². The third-order valence-electron chi connectivity index (χ3n) is 4.16. The van der Waals surface area contributed by atoms with Crippen LogP contribution in [0.3, 0.4) is 0 Å². The molecule has 0 atom stereocenters. The van der Waals surface area contributed by atoms with E-state index in [1.807, 2.05) is 36.6 Å². The van der Waals surface area contributed by atoms with E-state index in [1.54, 1.807) is 0 Å². The third kappa shape index (κ3) is 4.88. The minimum absolute atomic E-state index is 0.00382. The number of hydrogen-bond acceptors (Lipinski definition) is 7. The van der Waals surface area contributed by atoms with Crippen molar-refractivity contribution in [2.24, 2.45) is 0 Å². The number of benzene rings is 2. The van der Waals surface area contributed by atoms with Crippen LogP contribution < -0.4 is 0 Å². The Morgan fingerprint density at radius 3 is 2.59 bits per heavy atom. The van der Waals surface area contributed by atoms with Gasteiger partial charge in [-0.25, -0.2) is 18.2 Å². The van der Waals surface area contributed by atoms with E-state index in [-0.39, 0.29) is 17.1 Å². The number of hydrogen-bond donors (Lipinski definition) is 0. The van der Waals surface area contributed by atoms with Gasteiger partial charge in [-0.3, -0.25) is 4.84 Å². The lowest BCUT2D eigenvalue weighted by atomic mass is 10.2. The van der Waals surface area contributed by atoms with Gasteiger partial charge in [-0.2, -0.15) is 0 Å². The van der Waals surface area contributed by atoms with Crippen molar-refractivity contribution in [3.05, 3.63) is 70.7 Å². The second-order valence-electron chi connectivity index (χ2n) is 6.21. The van der Waals surface area contributed by atoms with Gasteiger partial charge in [0.25, 0.3) is 10.0 Å². The smallest absolute Gasteiger partial charge is 0.338 e. The highest BCUT2D eigenvalue weighted by atomic mass is 32.2. The number of nitrogens with zero attached hydrogens (tertiary/aromatic N) is 2. The van der Waals surface area contributed by atoms with Gasteiger partial charge in [-0.15, -0.1) is 11.3 Å². The lowest BCUT2D eigenvalue weighted by molar-refractivity contribution is -0.0258. The van der Waals surface area contributed by atoms with E-state index in [4.69, 9.17) is 9.57 Å². The van der Waals surface area contributed by atoms with Crippen LogP contribution in [0.15, 0.2) is 58.8 Å². The van der Waals surface area contributed by atoms with Crippen molar-refractivity contribution in [1.29, 1.82) is 0 Å². The molecule has 0 unspecified atom stereocenters. The molecule has 29 heavy (non-hydrogen) atoms. The molecule has 0 saturated carbocycles. The number of rotatable bonds is 7. The molecule has 0 radical (unpaired) electrons. The number of carbonyl (C=O) groups is 1. The number of sulfonamides is 1. The van der Waals surface area contributed by atoms with Gasteiger partial charge in [0.05, 0.1) is 23.3 Å². The highest BCUT2D eigenvalue weighted by Crippen LogP contribution is 2.24. The fourth-order valence-corrected chi connectivity index (χ4v) is 4.29. The molecule has 3 rings (SSSR count). The van der Waals surface area contributed by atoms with Gasteiger partial charge >= 0.3 is 5.97 Å². The van der Waals surface area contributed by atoms with Crippen LogP contribution in [0.4, 0.5) is 0 Å². The SMILES string of the molecule is CON(C)S(=O)(=O)c1cccc(C(=O)OCc2csc(-c3ccc(C)cc3)n2)c1. The second kappa shape index (κ2) is 8.83. The van der Waals surface area contributed by atoms with Crippen LogP contribution >= 0.6 is 11.3 Å². The van der Waals surface area contributed by atoms with E-state index in [2.05, 4.69) is 4.98 Å². The molecular formula is C20H20N2O5S2. The Labute approximate surface area is 173 Å². The maximum absolute atomic E-state index is 12.4. The van der Waals surface area contributed by atoms with Gasteiger partial charge < -0.3 is 4.74 Å². The monoisotopic (exact) mass is 432 g/mol. The first-order valence-electron chi connectivity index (χ1n) is 8.63. The lowest BCUT2D eigenvalue weighted by Crippen LogP contribution is -2.25. The van der Waals surface area contributed by atoms with Gasteiger partial charge in [-0.1, -0.05) is 40.4 Å². The molecule has 0 aliphatic carbocycles. The Hall–Kier alpha value is -2.59. The third-order valence-corrected chi connectivity index (χ3v) is 6.78. The quantitative estimate of drug-likeness (QED) is 0.418. The Morgan fingerprint density at radius 2 is 1.90 bits per heavy atom. The van der Waals surface area contributed by atoms with Crippen LogP contribution in [0.5, 0.6) is 0 Å². The first kappa shape index (κ1) is 21.1. The Kier molecular flexibility index (Phi) is 6.43. The molecular weight excluding hydrogens is 412 g/mol. The largest absolute Gasteiger partial charge is 0.456 e. The van der Waals surface area contributed by atoms with Crippen LogP contribution in [0.2, 0.25) is 0 Å². The molecule has 0 aliphatic rings. The molecule has 7 nitrogen and oxygen atoms in total. The van der Waals surface area contributed by atoms with E-state index in [0.717, 1.165) is 15.0 Å². The molecule has 0 amide bonds. The predicted octanol–water partition coefficient (Wildman–Crippen LogP) is 3.66. The summed E-state index contributed by atoms with van der Waals surface area (Å²) in [5.41, 5.74) is 2.92. The highest BCUT2D eigenvalue weighted by molar-refractivity contribution is 7.89. The van der Waals surface area contributed by atoms with Crippen molar-refractivity contribution in [2.75, 3.05) is 14.2 Å². The Morgan fingerprint density at radius 1 is 1.17 bits per heavy atom. The summed E-state index contributed by atoms with van der Waals surface area (Å²) in [6.45, 7) is 2.01. The average molecular weight is 433 g/mol. The number of aromatic nitrogens is 1. The van der Waals surface area contributed by atoms with Crippen LogP contribution in [-0.2, 0) is 26.2 Å². The van der Waals surface area contributed by atoms with Crippen LogP contribution in [-0.4, -0.2) is 38.0 Å². The zero-order valence-corrected chi connectivity index (χ0v) is 17.8. The van der Waals surface area contributed by atoms with Crippen LogP contribution in [0, 0.1) is 6.92 Å². The first-order valence-corrected chi connectivity index (χ1v) is 10.9. The summed E-state index contributed by atoms with van der Waals surface area (Å²) in [6.07, 6.45) is 0. The maximum Gasteiger partial charge on any atom is 0.338 e. The molecule has 3 aromatic rings. The normalized spacial score (nSPS) is 11.6. The summed E-state index contributed by atoms with van der Waals surface area (Å²) in [5, 5.41) is 2.67. The molecule has 1 aromatic heterocycles. The summed E-state index contributed by atoms with van der Waals surface area (Å²) in [7, 11) is -1.33. The number of thiazole rings is 1. The van der Waals surface area contributed by atoms with Crippen molar-refractivity contribution in [3.8, 4) is 10.6 Å². The summed E-state index contributed by atoms with van der Waals surface area (Å²) in [4.78, 5) is 21.5. The van der Waals surface area contributed by atoms with E-state index < -0.39 is 16.0 Å². The molecule has 152 valence electrons. The zero-order valence-electron chi connectivity index (χ0n) is 16.2. The van der Waals surface area contributed by atoms with E-state index in [1.165, 1.54) is 55.3 Å². The number of ether oxygens (including phenoxy) is 1. The van der Waals surface area contributed by atoms with Crippen molar-refractivity contribution in [1.82, 2.24) is 9.45 Å². The summed E-state index contributed by atoms with van der Waals surface area (Å²) in [6, 6.07) is 13.6. The fraction of sp³-hybridized carbons (Fsp3) is 0.200. The zero-order chi connectivity index (χ0) is 21.0. The number of esters is 1.